The Morgan fingerprint density at radius 2 is 1.89 bits per heavy atom. The number of tetrazole rings is 1. The monoisotopic (exact) mass is 654 g/mol. The lowest BCUT2D eigenvalue weighted by Crippen LogP contribution is -2.69. The summed E-state index contributed by atoms with van der Waals surface area (Å²) in [5.41, 5.74) is 12.5. The molecular formula is C37H62N6O4. The third kappa shape index (κ3) is 4.96. The molecule has 5 N–H and O–H groups in total. The fraction of sp³-hybridized carbons (Fsp3) is 0.892. The lowest BCUT2D eigenvalue weighted by Gasteiger charge is -2.71. The molecule has 1 aromatic heterocycles. The van der Waals surface area contributed by atoms with Gasteiger partial charge >= 0.3 is 5.97 Å². The maximum absolute atomic E-state index is 13.4. The zero-order valence-electron chi connectivity index (χ0n) is 30.5. The van der Waals surface area contributed by atoms with Crippen LogP contribution < -0.4 is 11.5 Å². The molecule has 1 aliphatic heterocycles. The molecule has 4 fully saturated rings. The quantitative estimate of drug-likeness (QED) is 0.261. The normalized spacial score (nSPS) is 44.8. The van der Waals surface area contributed by atoms with Crippen molar-refractivity contribution in [2.45, 2.75) is 131 Å². The first-order chi connectivity index (χ1) is 21.9. The van der Waals surface area contributed by atoms with Gasteiger partial charge in [-0.1, -0.05) is 72.1 Å². The lowest BCUT2D eigenvalue weighted by atomic mass is 9.34. The molecule has 1 saturated heterocycles. The molecular weight excluding hydrogens is 592 g/mol. The van der Waals surface area contributed by atoms with E-state index in [4.69, 9.17) is 20.9 Å². The Bertz CT molecular complexity index is 1390. The SMILES string of the molecule is CCC(C)(N)CCO[C@H]1[C@H](n2nnc(N)n2)C[C@@]23COC[C@]1(C)[C@@H]2CC[C@H]1C3=CC[C@@]2(C)[C@H](C(=O)O)[C@@](C)([C@H](C)C(C)C)CC[C@]12C. The van der Waals surface area contributed by atoms with Crippen LogP contribution in [0, 0.1) is 56.7 Å². The predicted octanol–water partition coefficient (Wildman–Crippen LogP) is 6.29. The molecule has 0 spiro atoms. The molecule has 2 bridgehead atoms. The van der Waals surface area contributed by atoms with Gasteiger partial charge in [-0.15, -0.1) is 5.10 Å². The van der Waals surface area contributed by atoms with E-state index in [1.54, 1.807) is 4.80 Å². The van der Waals surface area contributed by atoms with Crippen molar-refractivity contribution in [1.82, 2.24) is 20.2 Å². The van der Waals surface area contributed by atoms with Crippen molar-refractivity contribution >= 4 is 11.9 Å². The number of fused-ring (bicyclic) bond motifs is 3. The van der Waals surface area contributed by atoms with E-state index in [9.17, 15) is 9.90 Å². The molecule has 2 heterocycles. The molecule has 10 nitrogen and oxygen atoms in total. The van der Waals surface area contributed by atoms with Crippen LogP contribution in [-0.4, -0.2) is 62.7 Å². The van der Waals surface area contributed by atoms with Gasteiger partial charge in [0.1, 0.15) is 6.04 Å². The van der Waals surface area contributed by atoms with Gasteiger partial charge in [-0.3, -0.25) is 4.79 Å². The summed E-state index contributed by atoms with van der Waals surface area (Å²) in [5, 5.41) is 24.1. The molecule has 10 heteroatoms. The standard InChI is InChI=1S/C37H62N6O4/c1-10-32(5,39)17-18-47-29-26(43-41-31(38)40-42-43)19-37-21-46-20-34(29,7)27(37)12-11-24-25(37)13-14-36(9)28(30(44)45)33(6,23(4)22(2)3)15-16-35(24,36)8/h13,22-24,26-29H,10-12,14-21,39H2,1-9H3,(H2,38,41)(H,44,45)/t23-,24+,26-,27+,28-,29+,32?,33-,34-,35-,36+,37+/m1/s1. The number of nitrogens with two attached hydrogens (primary N) is 2. The van der Waals surface area contributed by atoms with E-state index in [-0.39, 0.29) is 50.7 Å². The highest BCUT2D eigenvalue weighted by Crippen LogP contribution is 2.75. The Kier molecular flexibility index (Phi) is 8.52. The van der Waals surface area contributed by atoms with E-state index < -0.39 is 11.9 Å². The first-order valence-electron chi connectivity index (χ1n) is 18.4. The largest absolute Gasteiger partial charge is 0.481 e. The summed E-state index contributed by atoms with van der Waals surface area (Å²) in [6.07, 6.45) is 9.57. The second kappa shape index (κ2) is 11.5. The van der Waals surface area contributed by atoms with Crippen LogP contribution >= 0.6 is 0 Å². The fourth-order valence-electron chi connectivity index (χ4n) is 12.1. The number of aliphatic carboxylic acids is 1. The molecule has 12 atom stereocenters. The van der Waals surface area contributed by atoms with E-state index in [0.29, 0.717) is 43.5 Å². The maximum Gasteiger partial charge on any atom is 0.307 e. The van der Waals surface area contributed by atoms with E-state index in [0.717, 1.165) is 51.4 Å². The molecule has 3 saturated carbocycles. The van der Waals surface area contributed by atoms with Crippen molar-refractivity contribution in [2.24, 2.45) is 62.4 Å². The highest BCUT2D eigenvalue weighted by Gasteiger charge is 2.72. The fourth-order valence-corrected chi connectivity index (χ4v) is 12.1. The van der Waals surface area contributed by atoms with Crippen LogP contribution in [0.5, 0.6) is 0 Å². The van der Waals surface area contributed by atoms with Crippen LogP contribution in [0.25, 0.3) is 0 Å². The van der Waals surface area contributed by atoms with Crippen molar-refractivity contribution in [2.75, 3.05) is 25.6 Å². The summed E-state index contributed by atoms with van der Waals surface area (Å²) < 4.78 is 13.5. The van der Waals surface area contributed by atoms with E-state index in [2.05, 4.69) is 83.8 Å². The molecule has 1 aromatic rings. The predicted molar refractivity (Wildman–Crippen MR) is 182 cm³/mol. The third-order valence-electron chi connectivity index (χ3n) is 15.6. The second-order valence-electron chi connectivity index (χ2n) is 18.1. The van der Waals surface area contributed by atoms with E-state index in [1.165, 1.54) is 5.57 Å². The van der Waals surface area contributed by atoms with Crippen molar-refractivity contribution in [1.29, 1.82) is 0 Å². The van der Waals surface area contributed by atoms with Gasteiger partial charge in [-0.25, -0.2) is 0 Å². The minimum absolute atomic E-state index is 0.144. The molecule has 0 aromatic carbocycles. The molecule has 47 heavy (non-hydrogen) atoms. The minimum Gasteiger partial charge on any atom is -0.481 e. The first kappa shape index (κ1) is 34.8. The number of aromatic nitrogens is 4. The average molecular weight is 655 g/mol. The number of nitrogens with zero attached hydrogens (tertiary/aromatic N) is 4. The number of carboxylic acid groups (broad SMARTS) is 1. The summed E-state index contributed by atoms with van der Waals surface area (Å²) in [7, 11) is 0. The van der Waals surface area contributed by atoms with Crippen LogP contribution in [0.15, 0.2) is 11.6 Å². The van der Waals surface area contributed by atoms with E-state index in [1.807, 2.05) is 0 Å². The number of anilines is 1. The smallest absolute Gasteiger partial charge is 0.307 e. The average Bonchev–Trinajstić information content (AvgIpc) is 3.43. The maximum atomic E-state index is 13.4. The number of ether oxygens (including phenoxy) is 2. The topological polar surface area (TPSA) is 151 Å². The Hall–Kier alpha value is -2.04. The highest BCUT2D eigenvalue weighted by molar-refractivity contribution is 5.73. The summed E-state index contributed by atoms with van der Waals surface area (Å²) >= 11 is 0. The molecule has 5 aliphatic rings. The molecule has 0 radical (unpaired) electrons. The third-order valence-corrected chi connectivity index (χ3v) is 15.6. The van der Waals surface area contributed by atoms with Crippen molar-refractivity contribution < 1.29 is 19.4 Å². The van der Waals surface area contributed by atoms with Gasteiger partial charge in [0.15, 0.2) is 0 Å². The molecule has 264 valence electrons. The van der Waals surface area contributed by atoms with E-state index >= 15 is 0 Å². The van der Waals surface area contributed by atoms with Gasteiger partial charge in [-0.05, 0) is 103 Å². The van der Waals surface area contributed by atoms with Crippen LogP contribution in [0.4, 0.5) is 5.95 Å². The molecule has 1 unspecified atom stereocenters. The zero-order valence-corrected chi connectivity index (χ0v) is 30.5. The number of carboxylic acids is 1. The van der Waals surface area contributed by atoms with Crippen LogP contribution in [0.2, 0.25) is 0 Å². The Morgan fingerprint density at radius 1 is 1.17 bits per heavy atom. The summed E-state index contributed by atoms with van der Waals surface area (Å²) in [6.45, 7) is 22.2. The Balaban J connectivity index is 1.42. The minimum atomic E-state index is -0.630. The van der Waals surface area contributed by atoms with Gasteiger partial charge in [0.25, 0.3) is 5.95 Å². The van der Waals surface area contributed by atoms with Crippen molar-refractivity contribution in [3.63, 3.8) is 0 Å². The Morgan fingerprint density at radius 3 is 2.51 bits per heavy atom. The van der Waals surface area contributed by atoms with Crippen molar-refractivity contribution in [3.8, 4) is 0 Å². The molecule has 4 aliphatic carbocycles. The molecule has 6 rings (SSSR count). The summed E-state index contributed by atoms with van der Waals surface area (Å²) in [6, 6.07) is -0.162. The Labute approximate surface area is 282 Å². The number of allylic oxidation sites excluding steroid dienone is 1. The van der Waals surface area contributed by atoms with Gasteiger partial charge in [0.2, 0.25) is 0 Å². The highest BCUT2D eigenvalue weighted by atomic mass is 16.5. The summed E-state index contributed by atoms with van der Waals surface area (Å²) in [5.74, 6) is 0.506. The number of rotatable bonds is 9. The van der Waals surface area contributed by atoms with Gasteiger partial charge in [0.05, 0.1) is 25.2 Å². The van der Waals surface area contributed by atoms with Crippen molar-refractivity contribution in [3.05, 3.63) is 11.6 Å². The number of nitrogen functional groups attached to an aromatic ring is 1. The second-order valence-corrected chi connectivity index (χ2v) is 18.1. The van der Waals surface area contributed by atoms with Gasteiger partial charge in [-0.2, -0.15) is 4.80 Å². The number of hydrogen-bond acceptors (Lipinski definition) is 8. The summed E-state index contributed by atoms with van der Waals surface area (Å²) in [4.78, 5) is 15.1. The number of hydrogen-bond donors (Lipinski definition) is 3. The molecule has 0 amide bonds. The number of carbonyl (C=O) groups is 1. The van der Waals surface area contributed by atoms with Gasteiger partial charge in [0, 0.05) is 23.0 Å². The zero-order chi connectivity index (χ0) is 34.4. The lowest BCUT2D eigenvalue weighted by molar-refractivity contribution is -0.251. The van der Waals surface area contributed by atoms with Gasteiger partial charge < -0.3 is 26.0 Å². The van der Waals surface area contributed by atoms with Crippen LogP contribution in [0.3, 0.4) is 0 Å². The van der Waals surface area contributed by atoms with Crippen LogP contribution in [0.1, 0.15) is 120 Å². The first-order valence-corrected chi connectivity index (χ1v) is 18.4. The van der Waals surface area contributed by atoms with Crippen LogP contribution in [-0.2, 0) is 14.3 Å².